The third kappa shape index (κ3) is 4.33. The molecule has 2 N–H and O–H groups in total. The van der Waals surface area contributed by atoms with Crippen LogP contribution in [0.3, 0.4) is 0 Å². The van der Waals surface area contributed by atoms with Gasteiger partial charge < -0.3 is 10.1 Å². The molecule has 0 aliphatic heterocycles. The summed E-state index contributed by atoms with van der Waals surface area (Å²) in [5.41, 5.74) is 4.69. The monoisotopic (exact) mass is 349 g/mol. The van der Waals surface area contributed by atoms with Crippen molar-refractivity contribution in [1.82, 2.24) is 5.43 Å². The van der Waals surface area contributed by atoms with Gasteiger partial charge in [-0.15, -0.1) is 0 Å². The van der Waals surface area contributed by atoms with E-state index in [1.165, 1.54) is 0 Å². The van der Waals surface area contributed by atoms with Crippen molar-refractivity contribution in [3.8, 4) is 5.75 Å². The first-order valence-corrected chi connectivity index (χ1v) is 8.48. The summed E-state index contributed by atoms with van der Waals surface area (Å²) >= 11 is 5.33. The third-order valence-electron chi connectivity index (χ3n) is 3.63. The number of anilines is 1. The number of benzene rings is 3. The van der Waals surface area contributed by atoms with Crippen LogP contribution in [-0.4, -0.2) is 17.9 Å². The van der Waals surface area contributed by atoms with Gasteiger partial charge in [0.05, 0.1) is 12.8 Å². The normalized spacial score (nSPS) is 10.8. The van der Waals surface area contributed by atoms with Gasteiger partial charge in [-0.25, -0.2) is 0 Å². The van der Waals surface area contributed by atoms with E-state index < -0.39 is 0 Å². The maximum atomic E-state index is 5.57. The lowest BCUT2D eigenvalue weighted by atomic mass is 10.1. The Morgan fingerprint density at radius 2 is 1.80 bits per heavy atom. The van der Waals surface area contributed by atoms with E-state index in [1.807, 2.05) is 55.5 Å². The molecule has 0 bridgehead atoms. The summed E-state index contributed by atoms with van der Waals surface area (Å²) in [6.07, 6.45) is 1.70. The Kier molecular flexibility index (Phi) is 5.59. The number of para-hydroxylation sites is 1. The van der Waals surface area contributed by atoms with Crippen LogP contribution in [0.2, 0.25) is 0 Å². The van der Waals surface area contributed by atoms with Gasteiger partial charge in [-0.3, -0.25) is 5.43 Å². The number of hydrogen-bond acceptors (Lipinski definition) is 3. The number of ether oxygens (including phenoxy) is 1. The molecule has 0 aromatic heterocycles. The molecule has 0 radical (unpaired) electrons. The molecule has 3 aromatic carbocycles. The standard InChI is InChI=1S/C20H19N3OS/c1-2-24-19-13-6-4-9-16(19)14-21-23-20(25)22-18-12-7-10-15-8-3-5-11-17(15)18/h3-14H,2H2,1H3,(H2,22,23,25)/b21-14-. The minimum atomic E-state index is 0.432. The van der Waals surface area contributed by atoms with Crippen LogP contribution in [-0.2, 0) is 0 Å². The predicted octanol–water partition coefficient (Wildman–Crippen LogP) is 4.56. The van der Waals surface area contributed by atoms with Gasteiger partial charge in [0.1, 0.15) is 5.75 Å². The second-order valence-electron chi connectivity index (χ2n) is 5.32. The van der Waals surface area contributed by atoms with Crippen molar-refractivity contribution in [2.45, 2.75) is 6.92 Å². The van der Waals surface area contributed by atoms with E-state index in [4.69, 9.17) is 17.0 Å². The fourth-order valence-corrected chi connectivity index (χ4v) is 2.68. The first kappa shape index (κ1) is 16.9. The number of hydrogen-bond donors (Lipinski definition) is 2. The van der Waals surface area contributed by atoms with E-state index in [-0.39, 0.29) is 0 Å². The number of rotatable bonds is 5. The van der Waals surface area contributed by atoms with Crippen molar-refractivity contribution in [2.24, 2.45) is 5.10 Å². The lowest BCUT2D eigenvalue weighted by Gasteiger charge is -2.10. The van der Waals surface area contributed by atoms with Crippen molar-refractivity contribution in [3.05, 3.63) is 72.3 Å². The van der Waals surface area contributed by atoms with Gasteiger partial charge in [0.25, 0.3) is 0 Å². The maximum absolute atomic E-state index is 5.57. The fraction of sp³-hybridized carbons (Fsp3) is 0.100. The van der Waals surface area contributed by atoms with Crippen molar-refractivity contribution in [3.63, 3.8) is 0 Å². The van der Waals surface area contributed by atoms with Gasteiger partial charge in [-0.2, -0.15) is 5.10 Å². The van der Waals surface area contributed by atoms with E-state index in [0.717, 1.165) is 27.8 Å². The molecular weight excluding hydrogens is 330 g/mol. The van der Waals surface area contributed by atoms with Crippen LogP contribution < -0.4 is 15.5 Å². The molecular formula is C20H19N3OS. The van der Waals surface area contributed by atoms with Crippen LogP contribution in [0.5, 0.6) is 5.75 Å². The Morgan fingerprint density at radius 1 is 1.04 bits per heavy atom. The molecule has 0 unspecified atom stereocenters. The van der Waals surface area contributed by atoms with Crippen molar-refractivity contribution < 1.29 is 4.74 Å². The van der Waals surface area contributed by atoms with Gasteiger partial charge in [-0.05, 0) is 42.7 Å². The zero-order chi connectivity index (χ0) is 17.5. The molecule has 0 fully saturated rings. The summed E-state index contributed by atoms with van der Waals surface area (Å²) < 4.78 is 5.57. The van der Waals surface area contributed by atoms with Crippen LogP contribution >= 0.6 is 12.2 Å². The average molecular weight is 349 g/mol. The number of thiocarbonyl (C=S) groups is 1. The van der Waals surface area contributed by atoms with Gasteiger partial charge in [-0.1, -0.05) is 48.5 Å². The molecule has 25 heavy (non-hydrogen) atoms. The van der Waals surface area contributed by atoms with Crippen LogP contribution in [0.15, 0.2) is 71.8 Å². The van der Waals surface area contributed by atoms with E-state index in [9.17, 15) is 0 Å². The molecule has 3 rings (SSSR count). The summed E-state index contributed by atoms with van der Waals surface area (Å²) in [5.74, 6) is 0.795. The quantitative estimate of drug-likeness (QED) is 0.403. The minimum Gasteiger partial charge on any atom is -0.493 e. The lowest BCUT2D eigenvalue weighted by molar-refractivity contribution is 0.340. The number of hydrazone groups is 1. The molecule has 126 valence electrons. The molecule has 0 atom stereocenters. The summed E-state index contributed by atoms with van der Waals surface area (Å²) in [6, 6.07) is 21.9. The fourth-order valence-electron chi connectivity index (χ4n) is 2.52. The predicted molar refractivity (Wildman–Crippen MR) is 109 cm³/mol. The van der Waals surface area contributed by atoms with E-state index in [2.05, 4.69) is 34.0 Å². The molecule has 0 aliphatic rings. The van der Waals surface area contributed by atoms with Crippen LogP contribution in [0, 0.1) is 0 Å². The van der Waals surface area contributed by atoms with Crippen LogP contribution in [0.1, 0.15) is 12.5 Å². The highest BCUT2D eigenvalue weighted by atomic mass is 32.1. The van der Waals surface area contributed by atoms with Gasteiger partial charge in [0.15, 0.2) is 5.11 Å². The Bertz CT molecular complexity index is 903. The van der Waals surface area contributed by atoms with Crippen molar-refractivity contribution >= 4 is 40.0 Å². The van der Waals surface area contributed by atoms with Gasteiger partial charge >= 0.3 is 0 Å². The van der Waals surface area contributed by atoms with E-state index in [1.54, 1.807) is 6.21 Å². The highest BCUT2D eigenvalue weighted by molar-refractivity contribution is 7.80. The maximum Gasteiger partial charge on any atom is 0.191 e. The number of fused-ring (bicyclic) bond motifs is 1. The Labute approximate surface area is 152 Å². The van der Waals surface area contributed by atoms with Gasteiger partial charge in [0, 0.05) is 16.6 Å². The first-order valence-electron chi connectivity index (χ1n) is 8.07. The third-order valence-corrected chi connectivity index (χ3v) is 3.82. The second kappa shape index (κ2) is 8.26. The molecule has 0 heterocycles. The second-order valence-corrected chi connectivity index (χ2v) is 5.73. The largest absolute Gasteiger partial charge is 0.493 e. The van der Waals surface area contributed by atoms with Gasteiger partial charge in [0.2, 0.25) is 0 Å². The van der Waals surface area contributed by atoms with E-state index >= 15 is 0 Å². The zero-order valence-electron chi connectivity index (χ0n) is 13.9. The molecule has 4 nitrogen and oxygen atoms in total. The molecule has 5 heteroatoms. The highest BCUT2D eigenvalue weighted by Gasteiger charge is 2.02. The summed E-state index contributed by atoms with van der Waals surface area (Å²) in [4.78, 5) is 0. The van der Waals surface area contributed by atoms with Crippen molar-refractivity contribution in [2.75, 3.05) is 11.9 Å². The Hall–Kier alpha value is -2.92. The number of nitrogens with one attached hydrogen (secondary N) is 2. The molecule has 0 aliphatic carbocycles. The Morgan fingerprint density at radius 3 is 2.68 bits per heavy atom. The summed E-state index contributed by atoms with van der Waals surface area (Å²) in [7, 11) is 0. The zero-order valence-corrected chi connectivity index (χ0v) is 14.7. The van der Waals surface area contributed by atoms with Crippen LogP contribution in [0.4, 0.5) is 5.69 Å². The highest BCUT2D eigenvalue weighted by Crippen LogP contribution is 2.22. The molecule has 0 saturated carbocycles. The lowest BCUT2D eigenvalue weighted by Crippen LogP contribution is -2.24. The Balaban J connectivity index is 1.67. The van der Waals surface area contributed by atoms with Crippen molar-refractivity contribution in [1.29, 1.82) is 0 Å². The summed E-state index contributed by atoms with van der Waals surface area (Å²) in [5, 5.41) is 10.1. The molecule has 0 spiro atoms. The number of nitrogens with zero attached hydrogens (tertiary/aromatic N) is 1. The smallest absolute Gasteiger partial charge is 0.191 e. The SMILES string of the molecule is CCOc1ccccc1/C=N\NC(=S)Nc1cccc2ccccc12. The average Bonchev–Trinajstić information content (AvgIpc) is 2.64. The van der Waals surface area contributed by atoms with E-state index in [0.29, 0.717) is 11.7 Å². The molecule has 3 aromatic rings. The summed E-state index contributed by atoms with van der Waals surface area (Å²) in [6.45, 7) is 2.56. The molecule has 0 amide bonds. The van der Waals surface area contributed by atoms with Crippen LogP contribution in [0.25, 0.3) is 10.8 Å². The minimum absolute atomic E-state index is 0.432. The topological polar surface area (TPSA) is 45.6 Å². The first-order chi connectivity index (χ1) is 12.3. The molecule has 0 saturated heterocycles.